The Hall–Kier alpha value is -1.60. The summed E-state index contributed by atoms with van der Waals surface area (Å²) in [4.78, 5) is 17.5. The first-order valence-electron chi connectivity index (χ1n) is 7.44. The molecular formula is C14H20F3N3O2. The van der Waals surface area contributed by atoms with Crippen LogP contribution in [0.1, 0.15) is 50.7 Å². The van der Waals surface area contributed by atoms with Crippen LogP contribution in [-0.2, 0) is 11.2 Å². The number of alkyl halides is 3. The molecule has 0 saturated carbocycles. The van der Waals surface area contributed by atoms with E-state index in [1.54, 1.807) is 0 Å². The number of amides is 1. The quantitative estimate of drug-likeness (QED) is 0.856. The number of hydrogen-bond acceptors (Lipinski definition) is 4. The number of hydrogen-bond donors (Lipinski definition) is 0. The number of nitrogens with zero attached hydrogens (tertiary/aromatic N) is 3. The third-order valence-electron chi connectivity index (χ3n) is 3.79. The monoisotopic (exact) mass is 319 g/mol. The van der Waals surface area contributed by atoms with Crippen molar-refractivity contribution in [1.82, 2.24) is 15.0 Å². The molecule has 1 atom stereocenters. The van der Waals surface area contributed by atoms with Crippen molar-refractivity contribution < 1.29 is 22.5 Å². The average molecular weight is 319 g/mol. The summed E-state index contributed by atoms with van der Waals surface area (Å²) < 4.78 is 43.2. The second-order valence-electron chi connectivity index (χ2n) is 5.92. The fourth-order valence-corrected chi connectivity index (χ4v) is 2.45. The van der Waals surface area contributed by atoms with Crippen molar-refractivity contribution in [2.45, 2.75) is 51.6 Å². The van der Waals surface area contributed by atoms with E-state index in [9.17, 15) is 18.0 Å². The molecule has 1 aliphatic rings. The standard InChI is InChI=1S/C14H20F3N3O2/c1-9(2)13-18-11(22-19-13)5-6-12(21)20-7-3-4-10(8-20)14(15,16)17/h9-10H,3-8H2,1-2H3/t10-/m0/s1. The van der Waals surface area contributed by atoms with Crippen molar-refractivity contribution in [3.05, 3.63) is 11.7 Å². The maximum atomic E-state index is 12.7. The number of likely N-dealkylation sites (tertiary alicyclic amines) is 1. The van der Waals surface area contributed by atoms with Gasteiger partial charge in [0.2, 0.25) is 11.8 Å². The third-order valence-corrected chi connectivity index (χ3v) is 3.79. The highest BCUT2D eigenvalue weighted by molar-refractivity contribution is 5.76. The average Bonchev–Trinajstić information content (AvgIpc) is 2.93. The molecule has 1 aromatic rings. The molecule has 1 amide bonds. The summed E-state index contributed by atoms with van der Waals surface area (Å²) >= 11 is 0. The van der Waals surface area contributed by atoms with Crippen LogP contribution in [0.3, 0.4) is 0 Å². The number of rotatable bonds is 4. The van der Waals surface area contributed by atoms with Gasteiger partial charge in [-0.2, -0.15) is 18.2 Å². The van der Waals surface area contributed by atoms with E-state index in [1.165, 1.54) is 4.90 Å². The number of halogens is 3. The van der Waals surface area contributed by atoms with Crippen molar-refractivity contribution in [2.24, 2.45) is 5.92 Å². The van der Waals surface area contributed by atoms with Crippen molar-refractivity contribution in [3.63, 3.8) is 0 Å². The molecule has 0 spiro atoms. The molecule has 0 aromatic carbocycles. The maximum absolute atomic E-state index is 12.7. The topological polar surface area (TPSA) is 59.2 Å². The van der Waals surface area contributed by atoms with Gasteiger partial charge in [-0.05, 0) is 12.8 Å². The zero-order chi connectivity index (χ0) is 16.3. The van der Waals surface area contributed by atoms with Gasteiger partial charge in [-0.3, -0.25) is 4.79 Å². The molecule has 2 rings (SSSR count). The first-order chi connectivity index (χ1) is 10.3. The largest absolute Gasteiger partial charge is 0.393 e. The Morgan fingerprint density at radius 2 is 2.18 bits per heavy atom. The molecule has 1 saturated heterocycles. The first kappa shape index (κ1) is 16.8. The minimum absolute atomic E-state index is 0.0876. The van der Waals surface area contributed by atoms with Crippen molar-refractivity contribution in [2.75, 3.05) is 13.1 Å². The van der Waals surface area contributed by atoms with Gasteiger partial charge in [-0.15, -0.1) is 0 Å². The Morgan fingerprint density at radius 3 is 2.77 bits per heavy atom. The molecule has 124 valence electrons. The van der Waals surface area contributed by atoms with E-state index in [2.05, 4.69) is 10.1 Å². The second kappa shape index (κ2) is 6.66. The predicted octanol–water partition coefficient (Wildman–Crippen LogP) is 2.93. The molecule has 0 unspecified atom stereocenters. The van der Waals surface area contributed by atoms with Crippen LogP contribution < -0.4 is 0 Å². The maximum Gasteiger partial charge on any atom is 0.393 e. The van der Waals surface area contributed by atoms with Crippen LogP contribution in [-0.4, -0.2) is 40.2 Å². The molecular weight excluding hydrogens is 299 g/mol. The summed E-state index contributed by atoms with van der Waals surface area (Å²) in [6, 6.07) is 0. The molecule has 1 aliphatic heterocycles. The summed E-state index contributed by atoms with van der Waals surface area (Å²) in [6.45, 7) is 3.98. The Morgan fingerprint density at radius 1 is 1.45 bits per heavy atom. The highest BCUT2D eigenvalue weighted by Gasteiger charge is 2.42. The lowest BCUT2D eigenvalue weighted by Gasteiger charge is -2.33. The molecule has 0 N–H and O–H groups in total. The third kappa shape index (κ3) is 4.20. The SMILES string of the molecule is CC(C)c1noc(CCC(=O)N2CCC[C@H](C(F)(F)F)C2)n1. The van der Waals surface area contributed by atoms with Crippen LogP contribution in [0.5, 0.6) is 0 Å². The van der Waals surface area contributed by atoms with Gasteiger partial charge in [0, 0.05) is 31.8 Å². The van der Waals surface area contributed by atoms with Crippen LogP contribution in [0.2, 0.25) is 0 Å². The number of carbonyl (C=O) groups excluding carboxylic acids is 1. The van der Waals surface area contributed by atoms with Gasteiger partial charge < -0.3 is 9.42 Å². The molecule has 1 fully saturated rings. The van der Waals surface area contributed by atoms with Gasteiger partial charge >= 0.3 is 6.18 Å². The number of piperidine rings is 1. The van der Waals surface area contributed by atoms with Crippen molar-refractivity contribution in [1.29, 1.82) is 0 Å². The zero-order valence-electron chi connectivity index (χ0n) is 12.7. The van der Waals surface area contributed by atoms with E-state index < -0.39 is 12.1 Å². The van der Waals surface area contributed by atoms with Crippen LogP contribution in [0.15, 0.2) is 4.52 Å². The molecule has 2 heterocycles. The summed E-state index contributed by atoms with van der Waals surface area (Å²) in [7, 11) is 0. The summed E-state index contributed by atoms with van der Waals surface area (Å²) in [6.07, 6.45) is -3.42. The van der Waals surface area contributed by atoms with Crippen LogP contribution in [0.4, 0.5) is 13.2 Å². The van der Waals surface area contributed by atoms with E-state index in [1.807, 2.05) is 13.8 Å². The minimum Gasteiger partial charge on any atom is -0.342 e. The van der Waals surface area contributed by atoms with Crippen molar-refractivity contribution in [3.8, 4) is 0 Å². The summed E-state index contributed by atoms with van der Waals surface area (Å²) in [5.74, 6) is -0.666. The lowest BCUT2D eigenvalue weighted by atomic mass is 9.97. The summed E-state index contributed by atoms with van der Waals surface area (Å²) in [5, 5.41) is 3.79. The molecule has 1 aromatic heterocycles. The lowest BCUT2D eigenvalue weighted by Crippen LogP contribution is -2.44. The van der Waals surface area contributed by atoms with Gasteiger partial charge in [0.15, 0.2) is 5.82 Å². The van der Waals surface area contributed by atoms with Crippen LogP contribution in [0, 0.1) is 5.92 Å². The normalized spacial score (nSPS) is 19.7. The van der Waals surface area contributed by atoms with Gasteiger partial charge in [0.1, 0.15) is 0 Å². The predicted molar refractivity (Wildman–Crippen MR) is 72.1 cm³/mol. The molecule has 22 heavy (non-hydrogen) atoms. The fourth-order valence-electron chi connectivity index (χ4n) is 2.45. The van der Waals surface area contributed by atoms with Gasteiger partial charge in [-0.25, -0.2) is 0 Å². The number of aryl methyl sites for hydroxylation is 1. The van der Waals surface area contributed by atoms with E-state index in [0.29, 0.717) is 24.7 Å². The Balaban J connectivity index is 1.86. The van der Waals surface area contributed by atoms with Gasteiger partial charge in [-0.1, -0.05) is 19.0 Å². The number of carbonyl (C=O) groups is 1. The van der Waals surface area contributed by atoms with Crippen molar-refractivity contribution >= 4 is 5.91 Å². The highest BCUT2D eigenvalue weighted by atomic mass is 19.4. The molecule has 8 heteroatoms. The summed E-state index contributed by atoms with van der Waals surface area (Å²) in [5.41, 5.74) is 0. The van der Waals surface area contributed by atoms with E-state index in [0.717, 1.165) is 0 Å². The first-order valence-corrected chi connectivity index (χ1v) is 7.44. The molecule has 0 bridgehead atoms. The zero-order valence-corrected chi connectivity index (χ0v) is 12.7. The van der Waals surface area contributed by atoms with Crippen LogP contribution in [0.25, 0.3) is 0 Å². The van der Waals surface area contributed by atoms with Gasteiger partial charge in [0.05, 0.1) is 5.92 Å². The lowest BCUT2D eigenvalue weighted by molar-refractivity contribution is -0.188. The van der Waals surface area contributed by atoms with Gasteiger partial charge in [0.25, 0.3) is 0 Å². The molecule has 0 aliphatic carbocycles. The second-order valence-corrected chi connectivity index (χ2v) is 5.92. The van der Waals surface area contributed by atoms with Crippen LogP contribution >= 0.6 is 0 Å². The fraction of sp³-hybridized carbons (Fsp3) is 0.786. The molecule has 5 nitrogen and oxygen atoms in total. The Labute approximate surface area is 126 Å². The smallest absolute Gasteiger partial charge is 0.342 e. The van der Waals surface area contributed by atoms with E-state index >= 15 is 0 Å². The minimum atomic E-state index is -4.24. The number of aromatic nitrogens is 2. The Bertz CT molecular complexity index is 514. The molecule has 0 radical (unpaired) electrons. The van der Waals surface area contributed by atoms with E-state index in [4.69, 9.17) is 4.52 Å². The van der Waals surface area contributed by atoms with E-state index in [-0.39, 0.29) is 37.6 Å². The Kier molecular flexibility index (Phi) is 5.08. The highest BCUT2D eigenvalue weighted by Crippen LogP contribution is 2.33.